The van der Waals surface area contributed by atoms with Crippen LogP contribution in [0, 0.1) is 0 Å². The average Bonchev–Trinajstić information content (AvgIpc) is 1.88. The van der Waals surface area contributed by atoms with Gasteiger partial charge in [0.15, 0.2) is 6.29 Å². The molecule has 4 N–H and O–H groups in total. The number of hydrogen-bond acceptors (Lipinski definition) is 4. The second-order valence-electron chi connectivity index (χ2n) is 3.15. The molecule has 11 heavy (non-hydrogen) atoms. The fourth-order valence-electron chi connectivity index (χ4n) is 0.493. The second-order valence-corrected chi connectivity index (χ2v) is 3.15. The zero-order chi connectivity index (χ0) is 9.07. The molecule has 0 aromatic carbocycles. The van der Waals surface area contributed by atoms with E-state index in [-0.39, 0.29) is 11.4 Å². The van der Waals surface area contributed by atoms with Gasteiger partial charge in [0.25, 0.3) is 0 Å². The number of nitrogens with zero attached hydrogens (tertiary/aromatic N) is 2. The van der Waals surface area contributed by atoms with Crippen molar-refractivity contribution < 1.29 is 4.79 Å². The molecule has 0 bridgehead atoms. The maximum absolute atomic E-state index is 10.3. The predicted octanol–water partition coefficient (Wildman–Crippen LogP) is -0.568. The lowest BCUT2D eigenvalue weighted by Gasteiger charge is -2.31. The van der Waals surface area contributed by atoms with Gasteiger partial charge in [-0.05, 0) is 20.8 Å². The molecule has 0 heterocycles. The van der Waals surface area contributed by atoms with Crippen LogP contribution in [0.3, 0.4) is 0 Å². The lowest BCUT2D eigenvalue weighted by atomic mass is 10.1. The molecule has 0 radical (unpaired) electrons. The van der Waals surface area contributed by atoms with Gasteiger partial charge in [0, 0.05) is 5.54 Å². The van der Waals surface area contributed by atoms with Crippen molar-refractivity contribution in [2.75, 3.05) is 0 Å². The Bertz CT molecular complexity index is 170. The molecule has 0 aliphatic rings. The number of hydrazone groups is 1. The Kier molecular flexibility index (Phi) is 3.00. The lowest BCUT2D eigenvalue weighted by molar-refractivity contribution is -0.103. The fraction of sp³-hybridized carbons (Fsp3) is 0.667. The molecule has 0 fully saturated rings. The maximum Gasteiger partial charge on any atom is 0.202 e. The van der Waals surface area contributed by atoms with Crippen molar-refractivity contribution in [2.24, 2.45) is 16.8 Å². The minimum atomic E-state index is -0.348. The first-order valence-corrected chi connectivity index (χ1v) is 3.21. The van der Waals surface area contributed by atoms with E-state index in [4.69, 9.17) is 11.7 Å². The average molecular weight is 158 g/mol. The van der Waals surface area contributed by atoms with Crippen molar-refractivity contribution in [3.63, 3.8) is 0 Å². The van der Waals surface area contributed by atoms with Gasteiger partial charge in [-0.2, -0.15) is 5.10 Å². The molecule has 0 aliphatic carbocycles. The molecular formula is C6H14N4O. The van der Waals surface area contributed by atoms with Crippen LogP contribution in [0.1, 0.15) is 20.8 Å². The van der Waals surface area contributed by atoms with E-state index in [0.717, 1.165) is 0 Å². The highest BCUT2D eigenvalue weighted by Crippen LogP contribution is 2.07. The molecule has 0 spiro atoms. The highest BCUT2D eigenvalue weighted by atomic mass is 16.1. The Balaban J connectivity index is 4.47. The van der Waals surface area contributed by atoms with Crippen LogP contribution in [-0.4, -0.2) is 22.7 Å². The standard InChI is InChI=1S/C6H14N4O/c1-6(2,3)10(8)5(4-11)9-7/h4H,7-8H2,1-3H3/b9-5-. The molecule has 0 aliphatic heterocycles. The summed E-state index contributed by atoms with van der Waals surface area (Å²) in [7, 11) is 0. The van der Waals surface area contributed by atoms with Gasteiger partial charge in [0.1, 0.15) is 0 Å². The number of rotatable bonds is 1. The minimum Gasteiger partial charge on any atom is -0.321 e. The summed E-state index contributed by atoms with van der Waals surface area (Å²) in [5.74, 6) is 10.5. The van der Waals surface area contributed by atoms with Crippen LogP contribution in [-0.2, 0) is 4.79 Å². The van der Waals surface area contributed by atoms with Gasteiger partial charge in [0.05, 0.1) is 0 Å². The maximum atomic E-state index is 10.3. The lowest BCUT2D eigenvalue weighted by Crippen LogP contribution is -2.51. The predicted molar refractivity (Wildman–Crippen MR) is 43.5 cm³/mol. The summed E-state index contributed by atoms with van der Waals surface area (Å²) in [6, 6.07) is 0. The summed E-state index contributed by atoms with van der Waals surface area (Å²) >= 11 is 0. The summed E-state index contributed by atoms with van der Waals surface area (Å²) in [5, 5.41) is 4.44. The third kappa shape index (κ3) is 2.55. The highest BCUT2D eigenvalue weighted by molar-refractivity contribution is 6.26. The number of nitrogens with two attached hydrogens (primary N) is 2. The molecule has 0 unspecified atom stereocenters. The summed E-state index contributed by atoms with van der Waals surface area (Å²) in [6.45, 7) is 5.55. The van der Waals surface area contributed by atoms with Crippen molar-refractivity contribution in [3.05, 3.63) is 0 Å². The Labute approximate surface area is 66.0 Å². The van der Waals surface area contributed by atoms with Crippen molar-refractivity contribution in [1.82, 2.24) is 5.01 Å². The van der Waals surface area contributed by atoms with Crippen molar-refractivity contribution in [3.8, 4) is 0 Å². The van der Waals surface area contributed by atoms with Crippen LogP contribution < -0.4 is 11.7 Å². The van der Waals surface area contributed by atoms with Gasteiger partial charge < -0.3 is 5.84 Å². The largest absolute Gasteiger partial charge is 0.321 e. The normalized spacial score (nSPS) is 12.9. The first-order chi connectivity index (χ1) is 4.93. The van der Waals surface area contributed by atoms with Crippen molar-refractivity contribution in [2.45, 2.75) is 26.3 Å². The summed E-state index contributed by atoms with van der Waals surface area (Å²) in [6.07, 6.45) is 0.519. The van der Waals surface area contributed by atoms with E-state index in [9.17, 15) is 4.79 Å². The number of hydrogen-bond donors (Lipinski definition) is 2. The number of aldehydes is 1. The van der Waals surface area contributed by atoms with Crippen LogP contribution in [0.2, 0.25) is 0 Å². The molecule has 5 nitrogen and oxygen atoms in total. The van der Waals surface area contributed by atoms with Gasteiger partial charge >= 0.3 is 0 Å². The van der Waals surface area contributed by atoms with E-state index < -0.39 is 0 Å². The third-order valence-corrected chi connectivity index (χ3v) is 1.21. The topological polar surface area (TPSA) is 84.7 Å². The van der Waals surface area contributed by atoms with Crippen LogP contribution in [0.4, 0.5) is 0 Å². The second kappa shape index (κ2) is 3.34. The van der Waals surface area contributed by atoms with Gasteiger partial charge in [-0.15, -0.1) is 0 Å². The quantitative estimate of drug-likeness (QED) is 0.176. The van der Waals surface area contributed by atoms with E-state index in [2.05, 4.69) is 5.10 Å². The summed E-state index contributed by atoms with van der Waals surface area (Å²) < 4.78 is 0. The Morgan fingerprint density at radius 3 is 2.09 bits per heavy atom. The van der Waals surface area contributed by atoms with Gasteiger partial charge in [0.2, 0.25) is 5.84 Å². The zero-order valence-corrected chi connectivity index (χ0v) is 7.03. The van der Waals surface area contributed by atoms with E-state index in [1.807, 2.05) is 20.8 Å². The van der Waals surface area contributed by atoms with Crippen LogP contribution in [0.25, 0.3) is 0 Å². The fourth-order valence-corrected chi connectivity index (χ4v) is 0.493. The van der Waals surface area contributed by atoms with Gasteiger partial charge in [-0.3, -0.25) is 9.80 Å². The van der Waals surface area contributed by atoms with Gasteiger partial charge in [-0.1, -0.05) is 0 Å². The third-order valence-electron chi connectivity index (χ3n) is 1.21. The molecule has 0 aromatic heterocycles. The first-order valence-electron chi connectivity index (χ1n) is 3.21. The van der Waals surface area contributed by atoms with Crippen LogP contribution in [0.5, 0.6) is 0 Å². The minimum absolute atomic E-state index is 0.0394. The molecule has 64 valence electrons. The van der Waals surface area contributed by atoms with Crippen molar-refractivity contribution in [1.29, 1.82) is 0 Å². The Hall–Kier alpha value is -1.10. The van der Waals surface area contributed by atoms with E-state index in [1.54, 1.807) is 0 Å². The molecule has 0 saturated carbocycles. The molecule has 0 atom stereocenters. The summed E-state index contributed by atoms with van der Waals surface area (Å²) in [5.41, 5.74) is -0.348. The first kappa shape index (κ1) is 9.90. The molecule has 5 heteroatoms. The summed E-state index contributed by atoms with van der Waals surface area (Å²) in [4.78, 5) is 10.3. The van der Waals surface area contributed by atoms with E-state index >= 15 is 0 Å². The molecule has 0 aromatic rings. The monoisotopic (exact) mass is 158 g/mol. The van der Waals surface area contributed by atoms with E-state index in [0.29, 0.717) is 6.29 Å². The van der Waals surface area contributed by atoms with Crippen LogP contribution >= 0.6 is 0 Å². The SMILES string of the molecule is CC(C)(C)N(N)/C(C=O)=N\N. The number of carbonyl (C=O) groups excluding carboxylic acids is 1. The van der Waals surface area contributed by atoms with Gasteiger partial charge in [-0.25, -0.2) is 5.84 Å². The highest BCUT2D eigenvalue weighted by Gasteiger charge is 2.20. The molecule has 0 rings (SSSR count). The number of amidine groups is 1. The Morgan fingerprint density at radius 1 is 1.55 bits per heavy atom. The number of carbonyl (C=O) groups is 1. The Morgan fingerprint density at radius 2 is 2.00 bits per heavy atom. The smallest absolute Gasteiger partial charge is 0.202 e. The zero-order valence-electron chi connectivity index (χ0n) is 7.03. The van der Waals surface area contributed by atoms with Crippen LogP contribution in [0.15, 0.2) is 5.10 Å². The molecular weight excluding hydrogens is 144 g/mol. The molecule has 0 saturated heterocycles. The molecule has 0 amide bonds. The van der Waals surface area contributed by atoms with E-state index in [1.165, 1.54) is 5.01 Å². The van der Waals surface area contributed by atoms with Crippen molar-refractivity contribution >= 4 is 12.1 Å². The number of hydrazine groups is 1.